The van der Waals surface area contributed by atoms with Gasteiger partial charge in [0.05, 0.1) is 21.3 Å². The standard InChI is InChI=1S/3C7H9OP.2ClH/c3*1-8-6-2-4-7(9)5-3-6;;/h3*2-5H,9H2,1H3;2*1H. The molecule has 0 N–H and O–H groups in total. The molecule has 0 saturated carbocycles. The van der Waals surface area contributed by atoms with Crippen molar-refractivity contribution in [2.45, 2.75) is 0 Å². The van der Waals surface area contributed by atoms with Crippen molar-refractivity contribution in [3.05, 3.63) is 72.8 Å². The average Bonchev–Trinajstić information content (AvgIpc) is 2.71. The van der Waals surface area contributed by atoms with Crippen LogP contribution >= 0.6 is 52.5 Å². The maximum atomic E-state index is 4.96. The van der Waals surface area contributed by atoms with Crippen molar-refractivity contribution in [2.24, 2.45) is 0 Å². The topological polar surface area (TPSA) is 27.7 Å². The zero-order chi connectivity index (χ0) is 20.1. The summed E-state index contributed by atoms with van der Waals surface area (Å²) < 4.78 is 14.9. The smallest absolute Gasteiger partial charge is 0.118 e. The van der Waals surface area contributed by atoms with E-state index < -0.39 is 0 Å². The van der Waals surface area contributed by atoms with Crippen LogP contribution in [0.5, 0.6) is 17.2 Å². The molecule has 0 bridgehead atoms. The molecule has 0 fully saturated rings. The fourth-order valence-corrected chi connectivity index (χ4v) is 2.39. The zero-order valence-electron chi connectivity index (χ0n) is 16.7. The lowest BCUT2D eigenvalue weighted by Gasteiger charge is -1.96. The molecule has 0 saturated heterocycles. The second kappa shape index (κ2) is 17.8. The minimum atomic E-state index is 0. The molecule has 0 aromatic heterocycles. The number of rotatable bonds is 3. The van der Waals surface area contributed by atoms with Crippen molar-refractivity contribution >= 4 is 68.4 Å². The minimum absolute atomic E-state index is 0. The molecule has 3 nitrogen and oxygen atoms in total. The highest BCUT2D eigenvalue weighted by atomic mass is 35.5. The normalized spacial score (nSPS) is 8.48. The van der Waals surface area contributed by atoms with E-state index in [1.807, 2.05) is 72.8 Å². The lowest BCUT2D eigenvalue weighted by atomic mass is 10.3. The fourth-order valence-electron chi connectivity index (χ4n) is 1.81. The molecule has 3 unspecified atom stereocenters. The predicted molar refractivity (Wildman–Crippen MR) is 142 cm³/mol. The fraction of sp³-hybridized carbons (Fsp3) is 0.143. The molecule has 0 aliphatic carbocycles. The first kappa shape index (κ1) is 30.1. The number of hydrogen-bond donors (Lipinski definition) is 0. The van der Waals surface area contributed by atoms with E-state index in [4.69, 9.17) is 14.2 Å². The van der Waals surface area contributed by atoms with E-state index in [0.717, 1.165) is 17.2 Å². The molecule has 8 heteroatoms. The van der Waals surface area contributed by atoms with Crippen molar-refractivity contribution in [1.29, 1.82) is 0 Å². The second-order valence-electron chi connectivity index (χ2n) is 5.32. The van der Waals surface area contributed by atoms with Gasteiger partial charge in [-0.1, -0.05) is 36.4 Å². The summed E-state index contributed by atoms with van der Waals surface area (Å²) in [4.78, 5) is 0. The van der Waals surface area contributed by atoms with E-state index in [0.29, 0.717) is 0 Å². The molecule has 0 radical (unpaired) electrons. The quantitative estimate of drug-likeness (QED) is 0.506. The Labute approximate surface area is 193 Å². The Kier molecular flexibility index (Phi) is 18.4. The molecule has 3 aromatic rings. The van der Waals surface area contributed by atoms with Crippen LogP contribution in [0.25, 0.3) is 0 Å². The van der Waals surface area contributed by atoms with Crippen LogP contribution in [0.15, 0.2) is 72.8 Å². The number of halogens is 2. The molecule has 0 spiro atoms. The Bertz CT molecular complexity index is 661. The number of hydrogen-bond acceptors (Lipinski definition) is 3. The Morgan fingerprint density at radius 1 is 0.414 bits per heavy atom. The SMILES string of the molecule is COc1ccc(P)cc1.COc1ccc(P)cc1.COc1ccc(P)cc1.Cl.Cl. The van der Waals surface area contributed by atoms with Crippen LogP contribution in [-0.4, -0.2) is 21.3 Å². The van der Waals surface area contributed by atoms with E-state index in [-0.39, 0.29) is 24.8 Å². The third kappa shape index (κ3) is 13.7. The monoisotopic (exact) mass is 492 g/mol. The van der Waals surface area contributed by atoms with Crippen LogP contribution in [0.1, 0.15) is 0 Å². The Balaban J connectivity index is 0. The van der Waals surface area contributed by atoms with Gasteiger partial charge < -0.3 is 14.2 Å². The number of ether oxygens (including phenoxy) is 3. The van der Waals surface area contributed by atoms with Crippen molar-refractivity contribution < 1.29 is 14.2 Å². The van der Waals surface area contributed by atoms with Crippen molar-refractivity contribution in [2.75, 3.05) is 21.3 Å². The first-order chi connectivity index (χ1) is 13.0. The second-order valence-corrected chi connectivity index (χ2v) is 7.32. The van der Waals surface area contributed by atoms with Gasteiger partial charge in [0.1, 0.15) is 17.2 Å². The van der Waals surface area contributed by atoms with Crippen LogP contribution in [0, 0.1) is 0 Å². The summed E-state index contributed by atoms with van der Waals surface area (Å²) in [6.45, 7) is 0. The van der Waals surface area contributed by atoms with Gasteiger partial charge in [0.25, 0.3) is 0 Å². The van der Waals surface area contributed by atoms with Gasteiger partial charge in [-0.15, -0.1) is 52.5 Å². The molecule has 3 aromatic carbocycles. The third-order valence-electron chi connectivity index (χ3n) is 3.35. The molecule has 0 heterocycles. The highest BCUT2D eigenvalue weighted by Crippen LogP contribution is 2.07. The first-order valence-corrected chi connectivity index (χ1v) is 9.90. The Hall–Kier alpha value is -1.07. The summed E-state index contributed by atoms with van der Waals surface area (Å²) in [6, 6.07) is 23.5. The summed E-state index contributed by atoms with van der Waals surface area (Å²) in [7, 11) is 12.8. The molecular weight excluding hydrogens is 464 g/mol. The van der Waals surface area contributed by atoms with Crippen LogP contribution in [0.3, 0.4) is 0 Å². The molecular formula is C21H29Cl2O3P3. The molecule has 3 rings (SSSR count). The van der Waals surface area contributed by atoms with Gasteiger partial charge >= 0.3 is 0 Å². The van der Waals surface area contributed by atoms with Crippen LogP contribution in [0.4, 0.5) is 0 Å². The zero-order valence-corrected chi connectivity index (χ0v) is 21.8. The van der Waals surface area contributed by atoms with Gasteiger partial charge in [0.15, 0.2) is 0 Å². The van der Waals surface area contributed by atoms with E-state index in [2.05, 4.69) is 27.7 Å². The molecule has 29 heavy (non-hydrogen) atoms. The number of methoxy groups -OCH3 is 3. The lowest BCUT2D eigenvalue weighted by molar-refractivity contribution is 0.415. The van der Waals surface area contributed by atoms with Gasteiger partial charge in [-0.3, -0.25) is 0 Å². The maximum absolute atomic E-state index is 4.96. The molecule has 3 atom stereocenters. The largest absolute Gasteiger partial charge is 0.497 e. The highest BCUT2D eigenvalue weighted by Gasteiger charge is 1.87. The van der Waals surface area contributed by atoms with Crippen molar-refractivity contribution in [3.63, 3.8) is 0 Å². The Morgan fingerprint density at radius 3 is 0.724 bits per heavy atom. The van der Waals surface area contributed by atoms with Gasteiger partial charge in [0.2, 0.25) is 0 Å². The summed E-state index contributed by atoms with van der Waals surface area (Å²) in [5.74, 6) is 2.71. The highest BCUT2D eigenvalue weighted by molar-refractivity contribution is 7.27. The Morgan fingerprint density at radius 2 is 0.586 bits per heavy atom. The predicted octanol–water partition coefficient (Wildman–Crippen LogP) is 4.43. The van der Waals surface area contributed by atoms with E-state index in [1.54, 1.807) is 21.3 Å². The number of benzene rings is 3. The molecule has 0 amide bonds. The lowest BCUT2D eigenvalue weighted by Crippen LogP contribution is -1.88. The van der Waals surface area contributed by atoms with Crippen LogP contribution < -0.4 is 30.1 Å². The molecule has 160 valence electrons. The summed E-state index contributed by atoms with van der Waals surface area (Å²) in [6.07, 6.45) is 0. The van der Waals surface area contributed by atoms with Gasteiger partial charge in [-0.25, -0.2) is 0 Å². The van der Waals surface area contributed by atoms with Gasteiger partial charge in [-0.05, 0) is 52.3 Å². The third-order valence-corrected chi connectivity index (χ3v) is 4.50. The van der Waals surface area contributed by atoms with Crippen molar-refractivity contribution in [1.82, 2.24) is 0 Å². The maximum Gasteiger partial charge on any atom is 0.118 e. The minimum Gasteiger partial charge on any atom is -0.497 e. The molecule has 0 aliphatic rings. The average molecular weight is 493 g/mol. The van der Waals surface area contributed by atoms with Crippen molar-refractivity contribution in [3.8, 4) is 17.2 Å². The van der Waals surface area contributed by atoms with Gasteiger partial charge in [0, 0.05) is 0 Å². The first-order valence-electron chi connectivity index (χ1n) is 8.17. The summed E-state index contributed by atoms with van der Waals surface area (Å²) >= 11 is 0. The van der Waals surface area contributed by atoms with Crippen LogP contribution in [-0.2, 0) is 0 Å². The van der Waals surface area contributed by atoms with E-state index >= 15 is 0 Å². The van der Waals surface area contributed by atoms with E-state index in [9.17, 15) is 0 Å². The summed E-state index contributed by atoms with van der Waals surface area (Å²) in [5, 5.41) is 3.53. The van der Waals surface area contributed by atoms with Crippen LogP contribution in [0.2, 0.25) is 0 Å². The summed E-state index contributed by atoms with van der Waals surface area (Å²) in [5.41, 5.74) is 0. The van der Waals surface area contributed by atoms with Gasteiger partial charge in [-0.2, -0.15) is 0 Å². The van der Waals surface area contributed by atoms with E-state index in [1.165, 1.54) is 15.9 Å². The molecule has 0 aliphatic heterocycles.